The second-order valence-corrected chi connectivity index (χ2v) is 6.97. The molecule has 0 aliphatic rings. The molecule has 0 fully saturated rings. The summed E-state index contributed by atoms with van der Waals surface area (Å²) in [5, 5.41) is 12.4. The Morgan fingerprint density at radius 2 is 2.19 bits per heavy atom. The highest BCUT2D eigenvalue weighted by Gasteiger charge is 2.18. The molecule has 0 spiro atoms. The minimum absolute atomic E-state index is 0.0416. The Hall–Kier alpha value is -1.88. The van der Waals surface area contributed by atoms with Crippen molar-refractivity contribution in [2.24, 2.45) is 0 Å². The lowest BCUT2D eigenvalue weighted by Gasteiger charge is -2.13. The smallest absolute Gasteiger partial charge is 0.152 e. The van der Waals surface area contributed by atoms with Gasteiger partial charge in [-0.2, -0.15) is 16.4 Å². The summed E-state index contributed by atoms with van der Waals surface area (Å²) in [6.45, 7) is 7.39. The molecule has 0 amide bonds. The van der Waals surface area contributed by atoms with Crippen LogP contribution in [0.4, 0.5) is 5.82 Å². The minimum atomic E-state index is 0.0416. The minimum Gasteiger partial charge on any atom is -0.368 e. The van der Waals surface area contributed by atoms with Gasteiger partial charge in [-0.3, -0.25) is 0 Å². The van der Waals surface area contributed by atoms with E-state index >= 15 is 0 Å². The van der Waals surface area contributed by atoms with E-state index in [2.05, 4.69) is 59.1 Å². The summed E-state index contributed by atoms with van der Waals surface area (Å²) < 4.78 is 1.90. The van der Waals surface area contributed by atoms with Crippen LogP contribution in [0.15, 0.2) is 35.3 Å². The van der Waals surface area contributed by atoms with Crippen LogP contribution in [0.1, 0.15) is 32.0 Å². The maximum Gasteiger partial charge on any atom is 0.152 e. The topological polar surface area (TPSA) is 42.2 Å². The number of rotatable bonds is 4. The van der Waals surface area contributed by atoms with E-state index in [1.54, 1.807) is 17.5 Å². The van der Waals surface area contributed by atoms with Crippen LogP contribution < -0.4 is 5.32 Å². The predicted octanol–water partition coefficient (Wildman–Crippen LogP) is 3.74. The van der Waals surface area contributed by atoms with Crippen molar-refractivity contribution in [1.29, 1.82) is 0 Å². The zero-order valence-electron chi connectivity index (χ0n) is 12.6. The van der Waals surface area contributed by atoms with E-state index in [4.69, 9.17) is 0 Å². The number of nitrogens with zero attached hydrogens (tertiary/aromatic N) is 3. The molecular weight excluding hydrogens is 280 g/mol. The third-order valence-electron chi connectivity index (χ3n) is 3.44. The second-order valence-electron chi connectivity index (χ2n) is 6.19. The Morgan fingerprint density at radius 3 is 2.90 bits per heavy atom. The van der Waals surface area contributed by atoms with Gasteiger partial charge in [0.25, 0.3) is 0 Å². The highest BCUT2D eigenvalue weighted by molar-refractivity contribution is 7.07. The second kappa shape index (κ2) is 5.48. The number of thiophene rings is 1. The summed E-state index contributed by atoms with van der Waals surface area (Å²) in [7, 11) is 0. The summed E-state index contributed by atoms with van der Waals surface area (Å²) in [5.74, 6) is 0.899. The Balaban J connectivity index is 1.80. The summed E-state index contributed by atoms with van der Waals surface area (Å²) in [5.41, 5.74) is 3.52. The Labute approximate surface area is 128 Å². The Bertz CT molecular complexity index is 722. The van der Waals surface area contributed by atoms with E-state index < -0.39 is 0 Å². The first-order valence-electron chi connectivity index (χ1n) is 7.14. The molecule has 110 valence electrons. The van der Waals surface area contributed by atoms with Crippen LogP contribution in [0.5, 0.6) is 0 Å². The highest BCUT2D eigenvalue weighted by atomic mass is 32.1. The molecule has 5 heteroatoms. The van der Waals surface area contributed by atoms with Gasteiger partial charge in [0.2, 0.25) is 0 Å². The van der Waals surface area contributed by atoms with Gasteiger partial charge in [0.05, 0.1) is 5.69 Å². The van der Waals surface area contributed by atoms with Gasteiger partial charge in [0.1, 0.15) is 5.52 Å². The zero-order chi connectivity index (χ0) is 14.9. The van der Waals surface area contributed by atoms with Gasteiger partial charge in [-0.25, -0.2) is 9.50 Å². The summed E-state index contributed by atoms with van der Waals surface area (Å²) in [6.07, 6.45) is 4.69. The van der Waals surface area contributed by atoms with Gasteiger partial charge in [0, 0.05) is 24.4 Å². The molecule has 3 aromatic rings. The lowest BCUT2D eigenvalue weighted by molar-refractivity contribution is 0.562. The Morgan fingerprint density at radius 1 is 1.33 bits per heavy atom. The van der Waals surface area contributed by atoms with Crippen LogP contribution in [0.25, 0.3) is 5.52 Å². The average Bonchev–Trinajstić information content (AvgIpc) is 3.06. The molecule has 1 N–H and O–H groups in total. The molecule has 3 aromatic heterocycles. The molecule has 0 saturated carbocycles. The summed E-state index contributed by atoms with van der Waals surface area (Å²) in [6, 6.07) is 4.29. The summed E-state index contributed by atoms with van der Waals surface area (Å²) >= 11 is 1.74. The summed E-state index contributed by atoms with van der Waals surface area (Å²) in [4.78, 5) is 4.45. The standard InChI is InChI=1S/C16H20N4S/c1-16(2,3)14-10-13-15(18-7-8-20(13)19-14)17-6-4-12-5-9-21-11-12/h5,7-11H,4,6H2,1-3H3,(H,17,18). The van der Waals surface area contributed by atoms with Crippen molar-refractivity contribution in [3.8, 4) is 0 Å². The van der Waals surface area contributed by atoms with E-state index in [0.717, 1.165) is 30.0 Å². The number of nitrogens with one attached hydrogen (secondary N) is 1. The SMILES string of the molecule is CC(C)(C)c1cc2c(NCCc3ccsc3)nccn2n1. The van der Waals surface area contributed by atoms with Crippen molar-refractivity contribution >= 4 is 22.7 Å². The fraction of sp³-hybridized carbons (Fsp3) is 0.375. The Kier molecular flexibility index (Phi) is 3.68. The molecule has 4 nitrogen and oxygen atoms in total. The maximum atomic E-state index is 4.64. The van der Waals surface area contributed by atoms with E-state index in [9.17, 15) is 0 Å². The largest absolute Gasteiger partial charge is 0.368 e. The molecule has 0 unspecified atom stereocenters. The fourth-order valence-corrected chi connectivity index (χ4v) is 2.89. The van der Waals surface area contributed by atoms with Crippen LogP contribution in [0.2, 0.25) is 0 Å². The normalized spacial score (nSPS) is 12.0. The predicted molar refractivity (Wildman–Crippen MR) is 88.2 cm³/mol. The van der Waals surface area contributed by atoms with Crippen LogP contribution in [-0.2, 0) is 11.8 Å². The average molecular weight is 300 g/mol. The molecule has 21 heavy (non-hydrogen) atoms. The zero-order valence-corrected chi connectivity index (χ0v) is 13.4. The number of aromatic nitrogens is 3. The number of hydrogen-bond donors (Lipinski definition) is 1. The molecule has 0 aliphatic heterocycles. The first-order chi connectivity index (χ1) is 10.0. The quantitative estimate of drug-likeness (QED) is 0.798. The first-order valence-corrected chi connectivity index (χ1v) is 8.08. The van der Waals surface area contributed by atoms with E-state index in [1.165, 1.54) is 5.56 Å². The van der Waals surface area contributed by atoms with Crippen LogP contribution in [0.3, 0.4) is 0 Å². The van der Waals surface area contributed by atoms with Gasteiger partial charge >= 0.3 is 0 Å². The molecule has 3 heterocycles. The van der Waals surface area contributed by atoms with E-state index in [0.29, 0.717) is 0 Å². The van der Waals surface area contributed by atoms with Crippen molar-refractivity contribution in [3.05, 3.63) is 46.5 Å². The number of fused-ring (bicyclic) bond motifs is 1. The number of hydrogen-bond acceptors (Lipinski definition) is 4. The van der Waals surface area contributed by atoms with Crippen molar-refractivity contribution in [3.63, 3.8) is 0 Å². The number of anilines is 1. The highest BCUT2D eigenvalue weighted by Crippen LogP contribution is 2.24. The fourth-order valence-electron chi connectivity index (χ4n) is 2.18. The molecule has 0 atom stereocenters. The maximum absolute atomic E-state index is 4.64. The molecular formula is C16H20N4S. The van der Waals surface area contributed by atoms with E-state index in [1.807, 2.05) is 10.7 Å². The monoisotopic (exact) mass is 300 g/mol. The van der Waals surface area contributed by atoms with Gasteiger partial charge in [-0.15, -0.1) is 0 Å². The van der Waals surface area contributed by atoms with Crippen molar-refractivity contribution in [1.82, 2.24) is 14.6 Å². The third kappa shape index (κ3) is 3.08. The van der Waals surface area contributed by atoms with Crippen molar-refractivity contribution in [2.75, 3.05) is 11.9 Å². The molecule has 0 aliphatic carbocycles. The van der Waals surface area contributed by atoms with Crippen molar-refractivity contribution in [2.45, 2.75) is 32.6 Å². The van der Waals surface area contributed by atoms with Crippen LogP contribution in [0, 0.1) is 0 Å². The van der Waals surface area contributed by atoms with Gasteiger partial charge in [-0.05, 0) is 34.9 Å². The molecule has 0 saturated heterocycles. The third-order valence-corrected chi connectivity index (χ3v) is 4.18. The van der Waals surface area contributed by atoms with Gasteiger partial charge in [0.15, 0.2) is 5.82 Å². The lowest BCUT2D eigenvalue weighted by atomic mass is 9.92. The molecule has 0 aromatic carbocycles. The first kappa shape index (κ1) is 14.1. The molecule has 3 rings (SSSR count). The lowest BCUT2D eigenvalue weighted by Crippen LogP contribution is -2.11. The van der Waals surface area contributed by atoms with Gasteiger partial charge in [-0.1, -0.05) is 20.8 Å². The molecule has 0 radical (unpaired) electrons. The molecule has 0 bridgehead atoms. The van der Waals surface area contributed by atoms with Crippen molar-refractivity contribution < 1.29 is 0 Å². The van der Waals surface area contributed by atoms with Crippen LogP contribution >= 0.6 is 11.3 Å². The van der Waals surface area contributed by atoms with Crippen LogP contribution in [-0.4, -0.2) is 21.1 Å². The van der Waals surface area contributed by atoms with Gasteiger partial charge < -0.3 is 5.32 Å². The van der Waals surface area contributed by atoms with E-state index in [-0.39, 0.29) is 5.41 Å².